The number of oxime groups is 1. The Labute approximate surface area is 243 Å². The molecule has 1 N–H and O–H groups in total. The quantitative estimate of drug-likeness (QED) is 0.162. The van der Waals surface area contributed by atoms with Gasteiger partial charge in [0.25, 0.3) is 11.4 Å². The zero-order chi connectivity index (χ0) is 27.6. The highest BCUT2D eigenvalue weighted by molar-refractivity contribution is 9.10. The van der Waals surface area contributed by atoms with Gasteiger partial charge < -0.3 is 9.74 Å². The molecule has 0 saturated carbocycles. The van der Waals surface area contributed by atoms with Gasteiger partial charge in [0.15, 0.2) is 0 Å². The lowest BCUT2D eigenvalue weighted by molar-refractivity contribution is -0.884. The van der Waals surface area contributed by atoms with Crippen LogP contribution in [-0.4, -0.2) is 65.0 Å². The number of aromatic nitrogens is 1. The van der Waals surface area contributed by atoms with Gasteiger partial charge in [0.1, 0.15) is 6.61 Å². The normalized spacial score (nSPS) is 18.9. The van der Waals surface area contributed by atoms with Crippen LogP contribution in [0.2, 0.25) is 5.02 Å². The van der Waals surface area contributed by atoms with Gasteiger partial charge in [-0.25, -0.2) is 0 Å². The van der Waals surface area contributed by atoms with Crippen molar-refractivity contribution >= 4 is 50.1 Å². The molecule has 2 fully saturated rings. The lowest BCUT2D eigenvalue weighted by atomic mass is 9.82. The number of benzene rings is 2. The van der Waals surface area contributed by atoms with Crippen molar-refractivity contribution in [2.24, 2.45) is 11.1 Å². The molecule has 206 valence electrons. The highest BCUT2D eigenvalue weighted by Crippen LogP contribution is 2.34. The number of rotatable bonds is 6. The van der Waals surface area contributed by atoms with E-state index in [2.05, 4.69) is 57.2 Å². The van der Waals surface area contributed by atoms with E-state index >= 15 is 0 Å². The molecule has 3 aromatic rings. The minimum atomic E-state index is -0.00467. The number of fused-ring (bicyclic) bond motifs is 1. The Morgan fingerprint density at radius 2 is 1.82 bits per heavy atom. The fourth-order valence-electron chi connectivity index (χ4n) is 5.91. The smallest absolute Gasteiger partial charge is 0.266 e. The third-order valence-corrected chi connectivity index (χ3v) is 9.08. The van der Waals surface area contributed by atoms with Crippen LogP contribution >= 0.6 is 27.5 Å². The monoisotopic (exact) mass is 613 g/mol. The maximum absolute atomic E-state index is 13.5. The van der Waals surface area contributed by atoms with Crippen LogP contribution in [0.4, 0.5) is 0 Å². The molecule has 9 heteroatoms. The molecule has 2 aliphatic heterocycles. The van der Waals surface area contributed by atoms with E-state index in [1.165, 1.54) is 6.20 Å². The fourth-order valence-corrected chi connectivity index (χ4v) is 6.34. The summed E-state index contributed by atoms with van der Waals surface area (Å²) >= 11 is 9.65. The van der Waals surface area contributed by atoms with Gasteiger partial charge >= 0.3 is 0 Å². The lowest BCUT2D eigenvalue weighted by Crippen LogP contribution is -2.56. The summed E-state index contributed by atoms with van der Waals surface area (Å²) in [6.45, 7) is 8.26. The molecule has 2 saturated heterocycles. The molecule has 2 aromatic carbocycles. The summed E-state index contributed by atoms with van der Waals surface area (Å²) in [5.74, 6) is 0.350. The van der Waals surface area contributed by atoms with Crippen LogP contribution in [0.15, 0.2) is 64.4 Å². The molecule has 7 nitrogen and oxygen atoms in total. The van der Waals surface area contributed by atoms with Crippen LogP contribution in [0.3, 0.4) is 0 Å². The highest BCUT2D eigenvalue weighted by atomic mass is 79.9. The fraction of sp³-hybridized carbons (Fsp3) is 0.433. The van der Waals surface area contributed by atoms with Crippen LogP contribution in [0, 0.1) is 5.92 Å². The van der Waals surface area contributed by atoms with Crippen LogP contribution in [-0.2, 0) is 4.84 Å². The second-order valence-corrected chi connectivity index (χ2v) is 12.0. The summed E-state index contributed by atoms with van der Waals surface area (Å²) in [4.78, 5) is 23.6. The number of hydrogen-bond acceptors (Lipinski definition) is 5. The van der Waals surface area contributed by atoms with Gasteiger partial charge in [0.05, 0.1) is 16.7 Å². The number of nitrogens with zero attached hydrogens (tertiary/aromatic N) is 4. The molecule has 0 atom stereocenters. The van der Waals surface area contributed by atoms with Gasteiger partial charge in [-0.15, -0.1) is 0 Å². The standard InChI is InChI=1S/C30H35BrClN4O3/c1-3-39-33-28(21-4-6-23(31)7-5-21)22-10-15-35(16-11-22)30(2)13-18-34(19-14-30)29(37)26-12-17-36(38)27-20-24(32)8-9-25(26)27/h4-9,12,17,20,22,38H,3,10-11,13-16,18-19H2,1-2H3/q+1/b33-28-. The third kappa shape index (κ3) is 5.93. The molecule has 39 heavy (non-hydrogen) atoms. The Bertz CT molecular complexity index is 1360. The Morgan fingerprint density at radius 3 is 2.49 bits per heavy atom. The van der Waals surface area contributed by atoms with Crippen molar-refractivity contribution in [3.8, 4) is 0 Å². The van der Waals surface area contributed by atoms with Crippen molar-refractivity contribution in [2.75, 3.05) is 32.8 Å². The first-order valence-electron chi connectivity index (χ1n) is 13.6. The Morgan fingerprint density at radius 1 is 1.13 bits per heavy atom. The van der Waals surface area contributed by atoms with Crippen molar-refractivity contribution < 1.29 is 19.6 Å². The van der Waals surface area contributed by atoms with Gasteiger partial charge in [0, 0.05) is 50.9 Å². The summed E-state index contributed by atoms with van der Waals surface area (Å²) in [6.07, 6.45) is 5.40. The number of likely N-dealkylation sites (tertiary alicyclic amines) is 2. The van der Waals surface area contributed by atoms with Gasteiger partial charge in [-0.05, 0) is 82.4 Å². The number of carbonyl (C=O) groups excluding carboxylic acids is 1. The van der Waals surface area contributed by atoms with Gasteiger partial charge in [-0.2, -0.15) is 0 Å². The van der Waals surface area contributed by atoms with Crippen molar-refractivity contribution in [1.82, 2.24) is 9.80 Å². The zero-order valence-corrected chi connectivity index (χ0v) is 24.8. The van der Waals surface area contributed by atoms with E-state index < -0.39 is 0 Å². The number of hydrogen-bond donors (Lipinski definition) is 1. The summed E-state index contributed by atoms with van der Waals surface area (Å²) in [7, 11) is 0. The lowest BCUT2D eigenvalue weighted by Gasteiger charge is -2.49. The number of piperidine rings is 2. The largest absolute Gasteiger partial charge is 0.396 e. The van der Waals surface area contributed by atoms with Crippen LogP contribution < -0.4 is 4.73 Å². The first-order chi connectivity index (χ1) is 18.8. The topological polar surface area (TPSA) is 69.2 Å². The molecule has 0 unspecified atom stereocenters. The number of pyridine rings is 1. The molecule has 0 aliphatic carbocycles. The second kappa shape index (κ2) is 11.8. The van der Waals surface area contributed by atoms with Crippen molar-refractivity contribution in [2.45, 2.75) is 45.1 Å². The summed E-state index contributed by atoms with van der Waals surface area (Å²) in [6, 6.07) is 15.2. The minimum Gasteiger partial charge on any atom is -0.396 e. The van der Waals surface area contributed by atoms with Crippen molar-refractivity contribution in [3.63, 3.8) is 0 Å². The molecular formula is C30H35BrClN4O3+. The molecule has 1 amide bonds. The first-order valence-corrected chi connectivity index (χ1v) is 14.8. The molecular weight excluding hydrogens is 580 g/mol. The van der Waals surface area contributed by atoms with E-state index in [0.717, 1.165) is 59.3 Å². The van der Waals surface area contributed by atoms with Crippen LogP contribution in [0.5, 0.6) is 0 Å². The zero-order valence-electron chi connectivity index (χ0n) is 22.4. The number of carbonyl (C=O) groups is 1. The van der Waals surface area contributed by atoms with Gasteiger partial charge in [0.2, 0.25) is 6.20 Å². The Hall–Kier alpha value is -2.68. The average molecular weight is 615 g/mol. The first kappa shape index (κ1) is 27.9. The van der Waals surface area contributed by atoms with E-state index in [1.807, 2.05) is 11.8 Å². The minimum absolute atomic E-state index is 0.00467. The average Bonchev–Trinajstić information content (AvgIpc) is 2.95. The summed E-state index contributed by atoms with van der Waals surface area (Å²) < 4.78 is 2.06. The molecule has 0 bridgehead atoms. The van der Waals surface area contributed by atoms with E-state index in [-0.39, 0.29) is 11.4 Å². The van der Waals surface area contributed by atoms with E-state index in [4.69, 9.17) is 16.4 Å². The van der Waals surface area contributed by atoms with E-state index in [0.29, 0.717) is 47.1 Å². The molecule has 0 spiro atoms. The summed E-state index contributed by atoms with van der Waals surface area (Å²) in [5, 5.41) is 15.9. The van der Waals surface area contributed by atoms with Crippen LogP contribution in [0.25, 0.3) is 10.9 Å². The predicted molar refractivity (Wildman–Crippen MR) is 156 cm³/mol. The number of halogens is 2. The van der Waals surface area contributed by atoms with Crippen molar-refractivity contribution in [1.29, 1.82) is 0 Å². The second-order valence-electron chi connectivity index (χ2n) is 10.7. The van der Waals surface area contributed by atoms with Crippen molar-refractivity contribution in [3.05, 3.63) is 75.4 Å². The van der Waals surface area contributed by atoms with Gasteiger partial charge in [-0.3, -0.25) is 14.9 Å². The molecule has 2 aliphatic rings. The predicted octanol–water partition coefficient (Wildman–Crippen LogP) is 5.93. The maximum Gasteiger partial charge on any atom is 0.266 e. The maximum atomic E-state index is 13.5. The molecule has 0 radical (unpaired) electrons. The Balaban J connectivity index is 1.23. The molecule has 3 heterocycles. The Kier molecular flexibility index (Phi) is 8.45. The number of amides is 1. The molecule has 1 aromatic heterocycles. The van der Waals surface area contributed by atoms with E-state index in [9.17, 15) is 10.0 Å². The summed E-state index contributed by atoms with van der Waals surface area (Å²) in [5.41, 5.74) is 3.32. The molecule has 5 rings (SSSR count). The van der Waals surface area contributed by atoms with Gasteiger partial charge in [-0.1, -0.05) is 44.8 Å². The third-order valence-electron chi connectivity index (χ3n) is 8.31. The van der Waals surface area contributed by atoms with E-state index in [1.54, 1.807) is 24.3 Å². The SMILES string of the molecule is CCO/N=C(/c1ccc(Br)cc1)C1CCN(C2(C)CCN(C(=O)c3cc[n+](O)c4cc(Cl)ccc34)CC2)CC1. The van der Waals surface area contributed by atoms with Crippen LogP contribution in [0.1, 0.15) is 55.5 Å². The highest BCUT2D eigenvalue weighted by Gasteiger charge is 2.39.